The summed E-state index contributed by atoms with van der Waals surface area (Å²) in [4.78, 5) is 0. The highest BCUT2D eigenvalue weighted by Gasteiger charge is 2.48. The van der Waals surface area contributed by atoms with E-state index in [0.29, 0.717) is 6.04 Å². The molecule has 2 aliphatic carbocycles. The van der Waals surface area contributed by atoms with E-state index in [1.807, 2.05) is 0 Å². The first kappa shape index (κ1) is 8.25. The van der Waals surface area contributed by atoms with Crippen molar-refractivity contribution in [1.82, 2.24) is 5.32 Å². The number of nitrogens with one attached hydrogen (secondary N) is 1. The summed E-state index contributed by atoms with van der Waals surface area (Å²) in [7, 11) is 0. The number of fused-ring (bicyclic) bond motifs is 1. The molecule has 4 atom stereocenters. The zero-order valence-electron chi connectivity index (χ0n) is 8.17. The summed E-state index contributed by atoms with van der Waals surface area (Å²) < 4.78 is 5.48. The van der Waals surface area contributed by atoms with Gasteiger partial charge in [-0.05, 0) is 43.9 Å². The largest absolute Gasteiger partial charge is 0.380 e. The molecule has 2 saturated carbocycles. The van der Waals surface area contributed by atoms with Gasteiger partial charge in [-0.3, -0.25) is 0 Å². The van der Waals surface area contributed by atoms with Crippen molar-refractivity contribution in [3.63, 3.8) is 0 Å². The molecule has 3 fully saturated rings. The first-order valence-electron chi connectivity index (χ1n) is 5.77. The van der Waals surface area contributed by atoms with Crippen LogP contribution in [0.4, 0.5) is 0 Å². The Morgan fingerprint density at radius 1 is 1.15 bits per heavy atom. The van der Waals surface area contributed by atoms with Gasteiger partial charge in [-0.15, -0.1) is 0 Å². The van der Waals surface area contributed by atoms with Crippen molar-refractivity contribution in [1.29, 1.82) is 0 Å². The van der Waals surface area contributed by atoms with Crippen LogP contribution < -0.4 is 5.32 Å². The van der Waals surface area contributed by atoms with Crippen molar-refractivity contribution < 1.29 is 4.74 Å². The Hall–Kier alpha value is -0.0800. The number of ether oxygens (including phenoxy) is 1. The second-order valence-electron chi connectivity index (χ2n) is 4.92. The fraction of sp³-hybridized carbons (Fsp3) is 1.00. The SMILES string of the molecule is C1COCC(NC2CCC3CC32)C1. The number of hydrogen-bond acceptors (Lipinski definition) is 2. The minimum absolute atomic E-state index is 0.665. The van der Waals surface area contributed by atoms with Crippen molar-refractivity contribution >= 4 is 0 Å². The second-order valence-corrected chi connectivity index (χ2v) is 4.92. The van der Waals surface area contributed by atoms with Crippen LogP contribution in [0.2, 0.25) is 0 Å². The lowest BCUT2D eigenvalue weighted by molar-refractivity contribution is 0.0656. The summed E-state index contributed by atoms with van der Waals surface area (Å²) in [6.07, 6.45) is 6.99. The molecule has 2 heteroatoms. The smallest absolute Gasteiger partial charge is 0.0619 e. The van der Waals surface area contributed by atoms with Crippen LogP contribution in [0.5, 0.6) is 0 Å². The molecule has 13 heavy (non-hydrogen) atoms. The lowest BCUT2D eigenvalue weighted by Crippen LogP contribution is -2.43. The minimum Gasteiger partial charge on any atom is -0.380 e. The Balaban J connectivity index is 1.50. The molecular weight excluding hydrogens is 162 g/mol. The Bertz CT molecular complexity index is 189. The van der Waals surface area contributed by atoms with Crippen LogP contribution in [0.3, 0.4) is 0 Å². The van der Waals surface area contributed by atoms with Gasteiger partial charge in [0, 0.05) is 18.7 Å². The predicted octanol–water partition coefficient (Wildman–Crippen LogP) is 1.55. The van der Waals surface area contributed by atoms with Crippen molar-refractivity contribution in [2.45, 2.75) is 44.2 Å². The van der Waals surface area contributed by atoms with E-state index in [9.17, 15) is 0 Å². The van der Waals surface area contributed by atoms with E-state index in [2.05, 4.69) is 5.32 Å². The monoisotopic (exact) mass is 181 g/mol. The van der Waals surface area contributed by atoms with E-state index < -0.39 is 0 Å². The molecule has 2 nitrogen and oxygen atoms in total. The van der Waals surface area contributed by atoms with E-state index in [1.54, 1.807) is 0 Å². The zero-order valence-corrected chi connectivity index (χ0v) is 8.17. The van der Waals surface area contributed by atoms with Gasteiger partial charge in [-0.25, -0.2) is 0 Å². The van der Waals surface area contributed by atoms with E-state index in [-0.39, 0.29) is 0 Å². The van der Waals surface area contributed by atoms with Crippen LogP contribution in [0.1, 0.15) is 32.1 Å². The van der Waals surface area contributed by atoms with Gasteiger partial charge in [-0.2, -0.15) is 0 Å². The molecule has 1 heterocycles. The summed E-state index contributed by atoms with van der Waals surface area (Å²) in [6, 6.07) is 1.51. The summed E-state index contributed by atoms with van der Waals surface area (Å²) in [6.45, 7) is 1.93. The van der Waals surface area contributed by atoms with Crippen molar-refractivity contribution in [3.05, 3.63) is 0 Å². The second kappa shape index (κ2) is 3.25. The van der Waals surface area contributed by atoms with Gasteiger partial charge in [-0.1, -0.05) is 0 Å². The highest BCUT2D eigenvalue weighted by Crippen LogP contribution is 2.51. The molecule has 0 aromatic heterocycles. The molecule has 4 unspecified atom stereocenters. The van der Waals surface area contributed by atoms with E-state index in [1.165, 1.54) is 32.1 Å². The molecule has 0 aromatic rings. The molecular formula is C11H19NO. The molecule has 0 aromatic carbocycles. The van der Waals surface area contributed by atoms with Crippen molar-refractivity contribution in [3.8, 4) is 0 Å². The Kier molecular flexibility index (Phi) is 2.06. The third-order valence-corrected chi connectivity index (χ3v) is 3.95. The van der Waals surface area contributed by atoms with Gasteiger partial charge in [0.15, 0.2) is 0 Å². The first-order chi connectivity index (χ1) is 6.43. The van der Waals surface area contributed by atoms with Crippen LogP contribution in [-0.2, 0) is 4.74 Å². The Morgan fingerprint density at radius 3 is 2.77 bits per heavy atom. The molecule has 1 aliphatic heterocycles. The maximum absolute atomic E-state index is 5.48. The third-order valence-electron chi connectivity index (χ3n) is 3.95. The maximum atomic E-state index is 5.48. The molecule has 3 rings (SSSR count). The van der Waals surface area contributed by atoms with Gasteiger partial charge in [0.05, 0.1) is 6.61 Å². The Morgan fingerprint density at radius 2 is 2.15 bits per heavy atom. The molecule has 0 amide bonds. The van der Waals surface area contributed by atoms with E-state index >= 15 is 0 Å². The number of rotatable bonds is 2. The third kappa shape index (κ3) is 1.62. The average Bonchev–Trinajstić information content (AvgIpc) is 2.86. The molecule has 74 valence electrons. The van der Waals surface area contributed by atoms with Crippen LogP contribution >= 0.6 is 0 Å². The lowest BCUT2D eigenvalue weighted by Gasteiger charge is -2.27. The molecule has 3 aliphatic rings. The van der Waals surface area contributed by atoms with Crippen LogP contribution in [-0.4, -0.2) is 25.3 Å². The van der Waals surface area contributed by atoms with Gasteiger partial charge < -0.3 is 10.1 Å². The summed E-state index contributed by atoms with van der Waals surface area (Å²) in [5, 5.41) is 3.78. The molecule has 1 N–H and O–H groups in total. The quantitative estimate of drug-likeness (QED) is 0.698. The molecule has 0 spiro atoms. The highest BCUT2D eigenvalue weighted by molar-refractivity contribution is 5.02. The average molecular weight is 181 g/mol. The van der Waals surface area contributed by atoms with Gasteiger partial charge in [0.1, 0.15) is 0 Å². The zero-order chi connectivity index (χ0) is 8.67. The predicted molar refractivity (Wildman–Crippen MR) is 51.6 cm³/mol. The van der Waals surface area contributed by atoms with E-state index in [4.69, 9.17) is 4.74 Å². The molecule has 1 saturated heterocycles. The highest BCUT2D eigenvalue weighted by atomic mass is 16.5. The van der Waals surface area contributed by atoms with Crippen molar-refractivity contribution in [2.24, 2.45) is 11.8 Å². The van der Waals surface area contributed by atoms with Crippen LogP contribution in [0, 0.1) is 11.8 Å². The molecule has 0 radical (unpaired) electrons. The Labute approximate surface area is 80.0 Å². The van der Waals surface area contributed by atoms with Gasteiger partial charge in [0.25, 0.3) is 0 Å². The van der Waals surface area contributed by atoms with E-state index in [0.717, 1.165) is 31.1 Å². The normalized spacial score (nSPS) is 48.9. The summed E-state index contributed by atoms with van der Waals surface area (Å²) >= 11 is 0. The van der Waals surface area contributed by atoms with Gasteiger partial charge in [0.2, 0.25) is 0 Å². The standard InChI is InChI=1S/C11H19NO/c1-2-9(7-13-5-1)12-11-4-3-8-6-10(8)11/h8-12H,1-7H2. The minimum atomic E-state index is 0.665. The summed E-state index contributed by atoms with van der Waals surface area (Å²) in [5.74, 6) is 2.14. The van der Waals surface area contributed by atoms with Crippen LogP contribution in [0.25, 0.3) is 0 Å². The fourth-order valence-corrected chi connectivity index (χ4v) is 3.09. The van der Waals surface area contributed by atoms with Gasteiger partial charge >= 0.3 is 0 Å². The van der Waals surface area contributed by atoms with Crippen LogP contribution in [0.15, 0.2) is 0 Å². The maximum Gasteiger partial charge on any atom is 0.0619 e. The van der Waals surface area contributed by atoms with Crippen molar-refractivity contribution in [2.75, 3.05) is 13.2 Å². The molecule has 0 bridgehead atoms. The fourth-order valence-electron chi connectivity index (χ4n) is 3.09. The summed E-state index contributed by atoms with van der Waals surface area (Å²) in [5.41, 5.74) is 0. The number of hydrogen-bond donors (Lipinski definition) is 1. The topological polar surface area (TPSA) is 21.3 Å². The lowest BCUT2D eigenvalue weighted by atomic mass is 10.1. The first-order valence-corrected chi connectivity index (χ1v) is 5.77.